The van der Waals surface area contributed by atoms with Crippen LogP contribution in [0.15, 0.2) is 30.3 Å². The van der Waals surface area contributed by atoms with Gasteiger partial charge >= 0.3 is 11.9 Å². The summed E-state index contributed by atoms with van der Waals surface area (Å²) in [4.78, 5) is 48.4. The zero-order valence-electron chi connectivity index (χ0n) is 23.5. The van der Waals surface area contributed by atoms with Crippen molar-refractivity contribution in [3.63, 3.8) is 0 Å². The maximum atomic E-state index is 12.7. The lowest BCUT2D eigenvalue weighted by atomic mass is 9.96. The van der Waals surface area contributed by atoms with Crippen LogP contribution in [0.1, 0.15) is 61.7 Å². The largest absolute Gasteiger partial charge is 0.469 e. The molecule has 2 rings (SSSR count). The minimum atomic E-state index is -1.56. The van der Waals surface area contributed by atoms with Crippen molar-refractivity contribution < 1.29 is 53.4 Å². The highest BCUT2D eigenvalue weighted by Gasteiger charge is 2.46. The number of hydrogen-bond acceptors (Lipinski definition) is 11. The Morgan fingerprint density at radius 1 is 0.902 bits per heavy atom. The van der Waals surface area contributed by atoms with Crippen LogP contribution >= 0.6 is 0 Å². The molecule has 13 heteroatoms. The lowest BCUT2D eigenvalue weighted by Crippen LogP contribution is -2.65. The topological polar surface area (TPSA) is 190 Å². The van der Waals surface area contributed by atoms with E-state index in [9.17, 15) is 34.5 Å². The molecule has 1 aliphatic rings. The molecular weight excluding hydrogens is 540 g/mol. The molecular formula is C28H42N2O11. The molecule has 0 aliphatic carbocycles. The Balaban J connectivity index is 1.82. The maximum absolute atomic E-state index is 12.7. The Hall–Kier alpha value is -3.10. The molecule has 5 atom stereocenters. The van der Waals surface area contributed by atoms with Crippen molar-refractivity contribution in [2.45, 2.75) is 88.1 Å². The zero-order chi connectivity index (χ0) is 30.2. The fourth-order valence-electron chi connectivity index (χ4n) is 4.34. The summed E-state index contributed by atoms with van der Waals surface area (Å²) in [6.07, 6.45) is -3.47. The van der Waals surface area contributed by atoms with Crippen molar-refractivity contribution in [2.24, 2.45) is 0 Å². The number of unbranched alkanes of at least 4 members (excludes halogenated alkanes) is 4. The SMILES string of the molecule is COC(=O)CC(CC(=O)OC)O[C@H]1O[C@H](CO)[C@@H](O)[C@H](O)[C@@H]1NC(=O)CCCCCCCNC(=O)c1ccccc1. The summed E-state index contributed by atoms with van der Waals surface area (Å²) >= 11 is 0. The molecule has 1 aromatic rings. The molecule has 0 saturated carbocycles. The van der Waals surface area contributed by atoms with Crippen molar-refractivity contribution in [3.8, 4) is 0 Å². The van der Waals surface area contributed by atoms with E-state index in [0.29, 0.717) is 18.5 Å². The van der Waals surface area contributed by atoms with Crippen LogP contribution in [0.5, 0.6) is 0 Å². The van der Waals surface area contributed by atoms with Gasteiger partial charge in [0.15, 0.2) is 6.29 Å². The van der Waals surface area contributed by atoms with Gasteiger partial charge in [0.25, 0.3) is 5.91 Å². The highest BCUT2D eigenvalue weighted by molar-refractivity contribution is 5.94. The second-order valence-electron chi connectivity index (χ2n) is 9.76. The van der Waals surface area contributed by atoms with Crippen LogP contribution < -0.4 is 10.6 Å². The molecule has 0 radical (unpaired) electrons. The van der Waals surface area contributed by atoms with Gasteiger partial charge < -0.3 is 44.9 Å². The van der Waals surface area contributed by atoms with Crippen molar-refractivity contribution in [2.75, 3.05) is 27.4 Å². The number of ether oxygens (including phenoxy) is 4. The number of rotatable bonds is 17. The molecule has 1 saturated heterocycles. The van der Waals surface area contributed by atoms with Gasteiger partial charge in [-0.05, 0) is 25.0 Å². The highest BCUT2D eigenvalue weighted by Crippen LogP contribution is 2.25. The molecule has 230 valence electrons. The van der Waals surface area contributed by atoms with Gasteiger partial charge in [-0.25, -0.2) is 0 Å². The number of aliphatic hydroxyl groups excluding tert-OH is 3. The first-order valence-electron chi connectivity index (χ1n) is 13.7. The Bertz CT molecular complexity index is 944. The fraction of sp³-hybridized carbons (Fsp3) is 0.643. The second kappa shape index (κ2) is 18.4. The normalized spacial score (nSPS) is 22.1. The van der Waals surface area contributed by atoms with Crippen LogP contribution in [0.4, 0.5) is 0 Å². The standard InChI is InChI=1S/C28H42N2O11/c1-38-22(33)15-19(16-23(34)39-2)40-28-24(26(36)25(35)20(17-31)41-28)30-21(32)13-9-4-3-5-10-14-29-27(37)18-11-7-6-8-12-18/h6-8,11-12,19-20,24-26,28,31,35-36H,3-5,9-10,13-17H2,1-2H3,(H,29,37)(H,30,32)/t20-,24+,25-,26-,28+/m1/s1. The van der Waals surface area contributed by atoms with E-state index in [2.05, 4.69) is 20.1 Å². The molecule has 0 aromatic heterocycles. The van der Waals surface area contributed by atoms with E-state index in [1.807, 2.05) is 6.07 Å². The minimum Gasteiger partial charge on any atom is -0.469 e. The summed E-state index contributed by atoms with van der Waals surface area (Å²) in [7, 11) is 2.34. The van der Waals surface area contributed by atoms with Gasteiger partial charge in [-0.15, -0.1) is 0 Å². The monoisotopic (exact) mass is 582 g/mol. The third-order valence-electron chi connectivity index (χ3n) is 6.68. The van der Waals surface area contributed by atoms with Crippen LogP contribution in [0.3, 0.4) is 0 Å². The maximum Gasteiger partial charge on any atom is 0.308 e. The summed E-state index contributed by atoms with van der Waals surface area (Å²) < 4.78 is 20.6. The molecule has 1 fully saturated rings. The Morgan fingerprint density at radius 2 is 1.51 bits per heavy atom. The van der Waals surface area contributed by atoms with Gasteiger partial charge in [-0.1, -0.05) is 37.5 Å². The summed E-state index contributed by atoms with van der Waals surface area (Å²) in [5.74, 6) is -1.88. The first-order valence-corrected chi connectivity index (χ1v) is 13.7. The molecule has 0 bridgehead atoms. The zero-order valence-corrected chi connectivity index (χ0v) is 23.5. The average Bonchev–Trinajstić information content (AvgIpc) is 2.98. The predicted octanol–water partition coefficient (Wildman–Crippen LogP) is 0.192. The Morgan fingerprint density at radius 3 is 2.12 bits per heavy atom. The highest BCUT2D eigenvalue weighted by atomic mass is 16.7. The van der Waals surface area contributed by atoms with Gasteiger partial charge in [0.05, 0.1) is 39.8 Å². The van der Waals surface area contributed by atoms with Gasteiger partial charge in [-0.2, -0.15) is 0 Å². The van der Waals surface area contributed by atoms with Crippen molar-refractivity contribution in [1.82, 2.24) is 10.6 Å². The molecule has 1 aromatic carbocycles. The summed E-state index contributed by atoms with van der Waals surface area (Å²) in [6, 6.07) is 7.72. The first-order chi connectivity index (χ1) is 19.7. The average molecular weight is 583 g/mol. The lowest BCUT2D eigenvalue weighted by molar-refractivity contribution is -0.282. The van der Waals surface area contributed by atoms with E-state index in [0.717, 1.165) is 25.7 Å². The number of aliphatic hydroxyl groups is 3. The van der Waals surface area contributed by atoms with E-state index < -0.39 is 61.2 Å². The summed E-state index contributed by atoms with van der Waals surface area (Å²) in [6.45, 7) is -0.0906. The number of esters is 2. The van der Waals surface area contributed by atoms with Gasteiger partial charge in [0.2, 0.25) is 5.91 Å². The first kappa shape index (κ1) is 34.1. The number of benzene rings is 1. The van der Waals surface area contributed by atoms with E-state index in [1.165, 1.54) is 14.2 Å². The van der Waals surface area contributed by atoms with Crippen LogP contribution in [0.2, 0.25) is 0 Å². The van der Waals surface area contributed by atoms with Crippen LogP contribution in [0.25, 0.3) is 0 Å². The summed E-state index contributed by atoms with van der Waals surface area (Å²) in [5.41, 5.74) is 0.612. The van der Waals surface area contributed by atoms with Gasteiger partial charge in [0.1, 0.15) is 24.4 Å². The van der Waals surface area contributed by atoms with E-state index in [1.54, 1.807) is 24.3 Å². The van der Waals surface area contributed by atoms with Crippen LogP contribution in [0, 0.1) is 0 Å². The third-order valence-corrected chi connectivity index (χ3v) is 6.68. The number of amides is 2. The molecule has 41 heavy (non-hydrogen) atoms. The van der Waals surface area contributed by atoms with Gasteiger partial charge in [0, 0.05) is 18.5 Å². The van der Waals surface area contributed by atoms with Crippen molar-refractivity contribution in [3.05, 3.63) is 35.9 Å². The smallest absolute Gasteiger partial charge is 0.308 e. The number of hydrogen-bond donors (Lipinski definition) is 5. The Labute approximate surface area is 239 Å². The summed E-state index contributed by atoms with van der Waals surface area (Å²) in [5, 5.41) is 36.1. The van der Waals surface area contributed by atoms with Crippen molar-refractivity contribution >= 4 is 23.8 Å². The van der Waals surface area contributed by atoms with Crippen LogP contribution in [-0.4, -0.2) is 103 Å². The number of carbonyl (C=O) groups is 4. The fourth-order valence-corrected chi connectivity index (χ4v) is 4.34. The van der Waals surface area contributed by atoms with Crippen molar-refractivity contribution in [1.29, 1.82) is 0 Å². The molecule has 5 N–H and O–H groups in total. The number of nitrogens with one attached hydrogen (secondary N) is 2. The third kappa shape index (κ3) is 11.7. The lowest BCUT2D eigenvalue weighted by Gasteiger charge is -2.43. The number of methoxy groups -OCH3 is 2. The molecule has 0 unspecified atom stereocenters. The molecule has 13 nitrogen and oxygen atoms in total. The quantitative estimate of drug-likeness (QED) is 0.125. The second-order valence-corrected chi connectivity index (χ2v) is 9.76. The Kier molecular flexibility index (Phi) is 15.3. The molecule has 0 spiro atoms. The predicted molar refractivity (Wildman–Crippen MR) is 144 cm³/mol. The molecule has 1 aliphatic heterocycles. The van der Waals surface area contributed by atoms with Gasteiger partial charge in [-0.3, -0.25) is 19.2 Å². The molecule has 1 heterocycles. The molecule has 2 amide bonds. The van der Waals surface area contributed by atoms with E-state index >= 15 is 0 Å². The van der Waals surface area contributed by atoms with E-state index in [4.69, 9.17) is 9.47 Å². The van der Waals surface area contributed by atoms with E-state index in [-0.39, 0.29) is 25.2 Å². The number of carbonyl (C=O) groups excluding carboxylic acids is 4. The van der Waals surface area contributed by atoms with Crippen LogP contribution in [-0.2, 0) is 33.3 Å². The minimum absolute atomic E-state index is 0.115.